The summed E-state index contributed by atoms with van der Waals surface area (Å²) in [6, 6.07) is 19.9. The van der Waals surface area contributed by atoms with Gasteiger partial charge in [0.1, 0.15) is 5.82 Å². The van der Waals surface area contributed by atoms with Crippen molar-refractivity contribution in [2.24, 2.45) is 4.99 Å². The van der Waals surface area contributed by atoms with E-state index >= 15 is 0 Å². The number of hydrogen-bond donors (Lipinski definition) is 1. The topological polar surface area (TPSA) is 41.5 Å². The molecule has 3 nitrogen and oxygen atoms in total. The third-order valence-corrected chi connectivity index (χ3v) is 6.39. The summed E-state index contributed by atoms with van der Waals surface area (Å²) < 4.78 is 14.0. The van der Waals surface area contributed by atoms with Crippen LogP contribution < -0.4 is 5.32 Å². The normalized spacial score (nSPS) is 13.4. The van der Waals surface area contributed by atoms with E-state index < -0.39 is 0 Å². The van der Waals surface area contributed by atoms with Gasteiger partial charge in [-0.05, 0) is 55.8 Å². The minimum Gasteiger partial charge on any atom is -0.348 e. The molecule has 0 bridgehead atoms. The van der Waals surface area contributed by atoms with E-state index in [0.717, 1.165) is 20.9 Å². The number of allylic oxidation sites excluding steroid dienone is 4. The van der Waals surface area contributed by atoms with Crippen molar-refractivity contribution >= 4 is 29.1 Å². The molecule has 0 unspecified atom stereocenters. The van der Waals surface area contributed by atoms with Crippen LogP contribution in [0.5, 0.6) is 0 Å². The van der Waals surface area contributed by atoms with Crippen LogP contribution in [0, 0.1) is 5.82 Å². The van der Waals surface area contributed by atoms with E-state index in [0.29, 0.717) is 29.1 Å². The number of halogens is 1. The average Bonchev–Trinajstić information content (AvgIpc) is 3.02. The minimum atomic E-state index is -0.314. The molecule has 1 N–H and O–H groups in total. The maximum Gasteiger partial charge on any atom is 0.251 e. The molecule has 3 aromatic rings. The van der Waals surface area contributed by atoms with Gasteiger partial charge < -0.3 is 5.32 Å². The highest BCUT2D eigenvalue weighted by molar-refractivity contribution is 7.99. The number of hydrogen-bond acceptors (Lipinski definition) is 3. The molecular formula is C29H25FN2OS. The Morgan fingerprint density at radius 2 is 1.85 bits per heavy atom. The largest absolute Gasteiger partial charge is 0.348 e. The number of carbonyl (C=O) groups is 1. The van der Waals surface area contributed by atoms with Crippen LogP contribution in [0.25, 0.3) is 0 Å². The summed E-state index contributed by atoms with van der Waals surface area (Å²) in [4.78, 5) is 19.8. The molecule has 3 aromatic carbocycles. The van der Waals surface area contributed by atoms with Crippen LogP contribution >= 0.6 is 11.8 Å². The Bertz CT molecular complexity index is 1340. The number of amides is 1. The third kappa shape index (κ3) is 5.43. The Labute approximate surface area is 203 Å². The van der Waals surface area contributed by atoms with Crippen molar-refractivity contribution in [1.29, 1.82) is 0 Å². The molecule has 0 saturated heterocycles. The minimum absolute atomic E-state index is 0.173. The number of benzene rings is 3. The lowest BCUT2D eigenvalue weighted by molar-refractivity contribution is 0.0957. The van der Waals surface area contributed by atoms with Gasteiger partial charge in [-0.2, -0.15) is 0 Å². The van der Waals surface area contributed by atoms with Crippen LogP contribution in [0.15, 0.2) is 117 Å². The van der Waals surface area contributed by atoms with E-state index in [1.807, 2.05) is 86.7 Å². The van der Waals surface area contributed by atoms with Crippen molar-refractivity contribution in [3.8, 4) is 0 Å². The van der Waals surface area contributed by atoms with Crippen LogP contribution in [0.3, 0.4) is 0 Å². The zero-order valence-electron chi connectivity index (χ0n) is 19.1. The summed E-state index contributed by atoms with van der Waals surface area (Å²) in [6.45, 7) is 4.32. The molecular weight excluding hydrogens is 443 g/mol. The zero-order chi connectivity index (χ0) is 23.9. The number of aliphatic imine (C=N–C) groups is 1. The Kier molecular flexibility index (Phi) is 7.55. The fourth-order valence-corrected chi connectivity index (χ4v) is 4.63. The van der Waals surface area contributed by atoms with Gasteiger partial charge in [-0.15, -0.1) is 0 Å². The second-order valence-corrected chi connectivity index (χ2v) is 8.79. The van der Waals surface area contributed by atoms with E-state index in [-0.39, 0.29) is 11.7 Å². The number of carbonyl (C=O) groups excluding carboxylic acids is 1. The van der Waals surface area contributed by atoms with Gasteiger partial charge in [0.15, 0.2) is 0 Å². The molecule has 0 aromatic heterocycles. The van der Waals surface area contributed by atoms with Gasteiger partial charge in [0.05, 0.1) is 11.4 Å². The Morgan fingerprint density at radius 1 is 1.00 bits per heavy atom. The molecule has 0 radical (unpaired) electrons. The summed E-state index contributed by atoms with van der Waals surface area (Å²) in [7, 11) is 0. The van der Waals surface area contributed by atoms with Crippen LogP contribution in [0.4, 0.5) is 10.1 Å². The summed E-state index contributed by atoms with van der Waals surface area (Å²) in [5, 5.41) is 2.99. The predicted molar refractivity (Wildman–Crippen MR) is 139 cm³/mol. The first-order valence-corrected chi connectivity index (χ1v) is 11.9. The molecule has 1 aliphatic heterocycles. The molecule has 1 amide bonds. The van der Waals surface area contributed by atoms with Gasteiger partial charge in [0.25, 0.3) is 5.91 Å². The summed E-state index contributed by atoms with van der Waals surface area (Å²) in [5.74, 6) is -0.487. The SMILES string of the molecule is C\C=C/C=C(\C=C/C)CNC(=O)c1ccc2c(c1)N=C(c1cccc(F)c1)c1ccccc1S2. The van der Waals surface area contributed by atoms with Gasteiger partial charge >= 0.3 is 0 Å². The van der Waals surface area contributed by atoms with E-state index in [9.17, 15) is 9.18 Å². The summed E-state index contributed by atoms with van der Waals surface area (Å²) in [6.07, 6.45) is 9.78. The Balaban J connectivity index is 1.69. The van der Waals surface area contributed by atoms with E-state index in [2.05, 4.69) is 5.32 Å². The lowest BCUT2D eigenvalue weighted by Crippen LogP contribution is -2.25. The molecule has 1 aliphatic rings. The molecule has 0 spiro atoms. The van der Waals surface area contributed by atoms with Gasteiger partial charge in [0.2, 0.25) is 0 Å². The quantitative estimate of drug-likeness (QED) is 0.302. The van der Waals surface area contributed by atoms with E-state index in [1.54, 1.807) is 23.9 Å². The molecule has 170 valence electrons. The molecule has 0 fully saturated rings. The summed E-state index contributed by atoms with van der Waals surface area (Å²) in [5.41, 5.74) is 4.53. The molecule has 1 heterocycles. The van der Waals surface area contributed by atoms with Crippen LogP contribution in [-0.4, -0.2) is 18.2 Å². The van der Waals surface area contributed by atoms with Crippen molar-refractivity contribution in [3.63, 3.8) is 0 Å². The first-order chi connectivity index (χ1) is 16.6. The van der Waals surface area contributed by atoms with Crippen LogP contribution in [0.1, 0.15) is 35.3 Å². The number of nitrogens with zero attached hydrogens (tertiary/aromatic N) is 1. The summed E-state index contributed by atoms with van der Waals surface area (Å²) >= 11 is 1.59. The highest BCUT2D eigenvalue weighted by Gasteiger charge is 2.20. The second kappa shape index (κ2) is 10.9. The zero-order valence-corrected chi connectivity index (χ0v) is 19.9. The van der Waals surface area contributed by atoms with E-state index in [4.69, 9.17) is 4.99 Å². The fraction of sp³-hybridized carbons (Fsp3) is 0.103. The molecule has 34 heavy (non-hydrogen) atoms. The molecule has 4 rings (SSSR count). The maximum absolute atomic E-state index is 14.0. The number of nitrogens with one attached hydrogen (secondary N) is 1. The van der Waals surface area contributed by atoms with Crippen molar-refractivity contribution < 1.29 is 9.18 Å². The standard InChI is InChI=1S/C29H25FN2OS/c1-3-5-10-20(9-4-2)19-31-29(33)22-15-16-27-25(18-22)32-28(21-11-8-12-23(30)17-21)24-13-6-7-14-26(24)34-27/h3-18H,19H2,1-2H3,(H,31,33)/b5-3-,9-4-,20-10+. The van der Waals surface area contributed by atoms with Crippen LogP contribution in [0.2, 0.25) is 0 Å². The van der Waals surface area contributed by atoms with Crippen LogP contribution in [-0.2, 0) is 0 Å². The maximum atomic E-state index is 14.0. The lowest BCUT2D eigenvalue weighted by atomic mass is 10.0. The monoisotopic (exact) mass is 468 g/mol. The first kappa shape index (κ1) is 23.5. The predicted octanol–water partition coefficient (Wildman–Crippen LogP) is 7.27. The smallest absolute Gasteiger partial charge is 0.251 e. The Hall–Kier alpha value is -3.70. The van der Waals surface area contributed by atoms with Crippen molar-refractivity contribution in [3.05, 3.63) is 125 Å². The third-order valence-electron chi connectivity index (χ3n) is 5.25. The highest BCUT2D eigenvalue weighted by atomic mass is 32.2. The van der Waals surface area contributed by atoms with Gasteiger partial charge in [-0.3, -0.25) is 4.79 Å². The van der Waals surface area contributed by atoms with Crippen molar-refractivity contribution in [1.82, 2.24) is 5.32 Å². The molecule has 5 heteroatoms. The highest BCUT2D eigenvalue weighted by Crippen LogP contribution is 2.41. The fourth-order valence-electron chi connectivity index (χ4n) is 3.63. The van der Waals surface area contributed by atoms with E-state index in [1.165, 1.54) is 12.1 Å². The lowest BCUT2D eigenvalue weighted by Gasteiger charge is -2.09. The molecule has 0 atom stereocenters. The molecule has 0 aliphatic carbocycles. The molecule has 0 saturated carbocycles. The number of fused-ring (bicyclic) bond motifs is 2. The van der Waals surface area contributed by atoms with Crippen molar-refractivity contribution in [2.45, 2.75) is 23.6 Å². The van der Waals surface area contributed by atoms with Gasteiger partial charge in [-0.25, -0.2) is 9.38 Å². The van der Waals surface area contributed by atoms with Crippen molar-refractivity contribution in [2.75, 3.05) is 6.54 Å². The number of rotatable bonds is 6. The second-order valence-electron chi connectivity index (χ2n) is 7.70. The van der Waals surface area contributed by atoms with Gasteiger partial charge in [-0.1, -0.05) is 72.5 Å². The van der Waals surface area contributed by atoms with Gasteiger partial charge in [0, 0.05) is 33.0 Å². The first-order valence-electron chi connectivity index (χ1n) is 11.1. The average molecular weight is 469 g/mol. The Morgan fingerprint density at radius 3 is 2.65 bits per heavy atom.